The van der Waals surface area contributed by atoms with E-state index in [0.29, 0.717) is 34.9 Å². The Hall–Kier alpha value is -3.08. The number of hydrogen-bond acceptors (Lipinski definition) is 5. The zero-order chi connectivity index (χ0) is 15.8. The van der Waals surface area contributed by atoms with Gasteiger partial charge in [0.1, 0.15) is 5.52 Å². The molecule has 0 aliphatic rings. The molecule has 0 aliphatic heterocycles. The summed E-state index contributed by atoms with van der Waals surface area (Å²) in [6.07, 6.45) is 1.67. The second kappa shape index (κ2) is 5.28. The van der Waals surface area contributed by atoms with E-state index in [1.807, 2.05) is 24.3 Å². The van der Waals surface area contributed by atoms with Crippen LogP contribution in [0.5, 0.6) is 0 Å². The molecule has 23 heavy (non-hydrogen) atoms. The van der Waals surface area contributed by atoms with Gasteiger partial charge in [0.05, 0.1) is 18.4 Å². The maximum Gasteiger partial charge on any atom is 0.338 e. The first kappa shape index (κ1) is 13.6. The van der Waals surface area contributed by atoms with Crippen molar-refractivity contribution in [3.63, 3.8) is 0 Å². The van der Waals surface area contributed by atoms with Gasteiger partial charge in [0.2, 0.25) is 0 Å². The van der Waals surface area contributed by atoms with E-state index in [9.17, 15) is 4.79 Å². The van der Waals surface area contributed by atoms with Gasteiger partial charge in [-0.1, -0.05) is 24.3 Å². The lowest BCUT2D eigenvalue weighted by molar-refractivity contribution is 0.0526. The zero-order valence-electron chi connectivity index (χ0n) is 12.4. The number of esters is 1. The number of hydrogen-bond donors (Lipinski definition) is 0. The van der Waals surface area contributed by atoms with Crippen LogP contribution in [0.2, 0.25) is 0 Å². The van der Waals surface area contributed by atoms with Gasteiger partial charge in [-0.2, -0.15) is 0 Å². The van der Waals surface area contributed by atoms with Crippen LogP contribution >= 0.6 is 0 Å². The molecule has 0 saturated heterocycles. The van der Waals surface area contributed by atoms with E-state index in [1.54, 1.807) is 31.4 Å². The molecular weight excluding hydrogens is 294 g/mol. The minimum Gasteiger partial charge on any atom is -0.462 e. The molecule has 5 heteroatoms. The highest BCUT2D eigenvalue weighted by Gasteiger charge is 2.16. The first-order chi connectivity index (χ1) is 11.3. The van der Waals surface area contributed by atoms with E-state index in [0.717, 1.165) is 10.8 Å². The highest BCUT2D eigenvalue weighted by Crippen LogP contribution is 2.32. The second-order valence-electron chi connectivity index (χ2n) is 5.07. The minimum atomic E-state index is -0.373. The van der Waals surface area contributed by atoms with Gasteiger partial charge in [0, 0.05) is 10.8 Å². The van der Waals surface area contributed by atoms with Gasteiger partial charge in [0.15, 0.2) is 11.3 Å². The Morgan fingerprint density at radius 2 is 2.09 bits per heavy atom. The van der Waals surface area contributed by atoms with Gasteiger partial charge in [-0.15, -0.1) is 0 Å². The Morgan fingerprint density at radius 1 is 1.22 bits per heavy atom. The van der Waals surface area contributed by atoms with Crippen molar-refractivity contribution in [3.8, 4) is 11.7 Å². The van der Waals surface area contributed by atoms with Crippen LogP contribution in [-0.2, 0) is 4.74 Å². The Labute approximate surface area is 131 Å². The summed E-state index contributed by atoms with van der Waals surface area (Å²) in [5.74, 6) is 0.596. The number of benzene rings is 2. The van der Waals surface area contributed by atoms with Crippen molar-refractivity contribution in [2.45, 2.75) is 6.92 Å². The highest BCUT2D eigenvalue weighted by molar-refractivity contribution is 5.95. The van der Waals surface area contributed by atoms with Gasteiger partial charge in [-0.25, -0.2) is 9.78 Å². The summed E-state index contributed by atoms with van der Waals surface area (Å²) in [6.45, 7) is 2.10. The first-order valence-corrected chi connectivity index (χ1v) is 7.30. The average Bonchev–Trinajstić information content (AvgIpc) is 3.17. The predicted molar refractivity (Wildman–Crippen MR) is 85.2 cm³/mol. The van der Waals surface area contributed by atoms with Crippen LogP contribution in [-0.4, -0.2) is 17.6 Å². The third-order valence-corrected chi connectivity index (χ3v) is 3.60. The summed E-state index contributed by atoms with van der Waals surface area (Å²) in [5, 5.41) is 1.92. The van der Waals surface area contributed by atoms with Crippen molar-refractivity contribution in [1.29, 1.82) is 0 Å². The van der Waals surface area contributed by atoms with Crippen molar-refractivity contribution in [2.75, 3.05) is 6.61 Å². The fourth-order valence-corrected chi connectivity index (χ4v) is 2.52. The molecule has 0 unspecified atom stereocenters. The van der Waals surface area contributed by atoms with E-state index in [4.69, 9.17) is 13.6 Å². The van der Waals surface area contributed by atoms with E-state index in [2.05, 4.69) is 4.98 Å². The van der Waals surface area contributed by atoms with Crippen LogP contribution in [0.15, 0.2) is 57.6 Å². The fraction of sp³-hybridized carbons (Fsp3) is 0.111. The summed E-state index contributed by atoms with van der Waals surface area (Å²) in [6, 6.07) is 12.8. The molecule has 4 aromatic rings. The summed E-state index contributed by atoms with van der Waals surface area (Å²) in [5.41, 5.74) is 1.63. The quantitative estimate of drug-likeness (QED) is 0.524. The summed E-state index contributed by atoms with van der Waals surface area (Å²) in [4.78, 5) is 16.2. The molecule has 0 radical (unpaired) electrons. The van der Waals surface area contributed by atoms with Gasteiger partial charge >= 0.3 is 5.97 Å². The number of furan rings is 1. The number of oxazole rings is 1. The lowest BCUT2D eigenvalue weighted by atomic mass is 10.2. The zero-order valence-corrected chi connectivity index (χ0v) is 12.4. The SMILES string of the molecule is CCOC(=O)c1ccc2oc(-c3occ4ccccc34)nc2c1. The van der Waals surface area contributed by atoms with Crippen LogP contribution in [0.4, 0.5) is 0 Å². The topological polar surface area (TPSA) is 65.5 Å². The maximum atomic E-state index is 11.8. The summed E-state index contributed by atoms with van der Waals surface area (Å²) >= 11 is 0. The molecule has 2 heterocycles. The van der Waals surface area contributed by atoms with Crippen LogP contribution in [0, 0.1) is 0 Å². The fourth-order valence-electron chi connectivity index (χ4n) is 2.52. The molecule has 5 nitrogen and oxygen atoms in total. The molecule has 2 aromatic carbocycles. The molecule has 0 aliphatic carbocycles. The van der Waals surface area contributed by atoms with Gasteiger partial charge in [0.25, 0.3) is 5.89 Å². The third-order valence-electron chi connectivity index (χ3n) is 3.60. The number of carbonyl (C=O) groups excluding carboxylic acids is 1. The Kier molecular flexibility index (Phi) is 3.12. The van der Waals surface area contributed by atoms with Crippen molar-refractivity contribution >= 4 is 27.8 Å². The number of fused-ring (bicyclic) bond motifs is 2. The molecular formula is C18H13NO4. The number of ether oxygens (including phenoxy) is 1. The third kappa shape index (κ3) is 2.26. The molecule has 2 aromatic heterocycles. The lowest BCUT2D eigenvalue weighted by Gasteiger charge is -2.00. The predicted octanol–water partition coefficient (Wildman–Crippen LogP) is 4.42. The molecule has 0 N–H and O–H groups in total. The van der Waals surface area contributed by atoms with Crippen LogP contribution in [0.3, 0.4) is 0 Å². The molecule has 0 bridgehead atoms. The van der Waals surface area contributed by atoms with Crippen LogP contribution in [0.25, 0.3) is 33.5 Å². The molecule has 0 atom stereocenters. The van der Waals surface area contributed by atoms with Crippen molar-refractivity contribution in [2.24, 2.45) is 0 Å². The normalized spacial score (nSPS) is 11.2. The standard InChI is InChI=1S/C18H13NO4/c1-2-21-18(20)11-7-8-15-14(9-11)19-17(23-15)16-13-6-4-3-5-12(13)10-22-16/h3-10H,2H2,1H3. The number of carbonyl (C=O) groups is 1. The molecule has 0 fully saturated rings. The number of rotatable bonds is 3. The van der Waals surface area contributed by atoms with E-state index < -0.39 is 0 Å². The molecule has 0 amide bonds. The smallest absolute Gasteiger partial charge is 0.338 e. The maximum absolute atomic E-state index is 11.8. The number of aromatic nitrogens is 1. The lowest BCUT2D eigenvalue weighted by Crippen LogP contribution is -2.03. The van der Waals surface area contributed by atoms with Gasteiger partial charge < -0.3 is 13.6 Å². The largest absolute Gasteiger partial charge is 0.462 e. The Morgan fingerprint density at radius 3 is 2.96 bits per heavy atom. The van der Waals surface area contributed by atoms with Crippen LogP contribution in [0.1, 0.15) is 17.3 Å². The van der Waals surface area contributed by atoms with Crippen LogP contribution < -0.4 is 0 Å². The van der Waals surface area contributed by atoms with Crippen molar-refractivity contribution < 1.29 is 18.4 Å². The average molecular weight is 307 g/mol. The summed E-state index contributed by atoms with van der Waals surface area (Å²) < 4.78 is 16.4. The second-order valence-corrected chi connectivity index (χ2v) is 5.07. The first-order valence-electron chi connectivity index (χ1n) is 7.30. The van der Waals surface area contributed by atoms with E-state index in [-0.39, 0.29) is 5.97 Å². The van der Waals surface area contributed by atoms with Gasteiger partial charge in [-0.05, 0) is 25.1 Å². The molecule has 4 rings (SSSR count). The summed E-state index contributed by atoms with van der Waals surface area (Å²) in [7, 11) is 0. The van der Waals surface area contributed by atoms with E-state index >= 15 is 0 Å². The van der Waals surface area contributed by atoms with E-state index in [1.165, 1.54) is 0 Å². The van der Waals surface area contributed by atoms with Crippen molar-refractivity contribution in [1.82, 2.24) is 4.98 Å². The van der Waals surface area contributed by atoms with Gasteiger partial charge in [-0.3, -0.25) is 0 Å². The Bertz CT molecular complexity index is 1010. The number of nitrogens with zero attached hydrogens (tertiary/aromatic N) is 1. The minimum absolute atomic E-state index is 0.333. The highest BCUT2D eigenvalue weighted by atomic mass is 16.5. The monoisotopic (exact) mass is 307 g/mol. The Balaban J connectivity index is 1.81. The molecule has 114 valence electrons. The molecule has 0 saturated carbocycles. The molecule has 0 spiro atoms. The van der Waals surface area contributed by atoms with Crippen molar-refractivity contribution in [3.05, 3.63) is 54.3 Å².